The van der Waals surface area contributed by atoms with Gasteiger partial charge in [-0.05, 0) is 43.4 Å². The molecule has 7 nitrogen and oxygen atoms in total. The van der Waals surface area contributed by atoms with Crippen molar-refractivity contribution in [2.45, 2.75) is 57.6 Å². The first-order valence-electron chi connectivity index (χ1n) is 10.5. The maximum absolute atomic E-state index is 13.5. The maximum atomic E-state index is 13.5. The highest BCUT2D eigenvalue weighted by molar-refractivity contribution is 7.15. The molecule has 1 aromatic heterocycles. The van der Waals surface area contributed by atoms with Crippen LogP contribution in [0.1, 0.15) is 55.6 Å². The Hall–Kier alpha value is -2.74. The number of aromatic nitrogens is 2. The van der Waals surface area contributed by atoms with Crippen molar-refractivity contribution in [2.24, 2.45) is 5.92 Å². The zero-order chi connectivity index (χ0) is 20.8. The quantitative estimate of drug-likeness (QED) is 0.803. The Bertz CT molecular complexity index is 1050. The third kappa shape index (κ3) is 3.01. The second kappa shape index (κ2) is 7.50. The minimum atomic E-state index is -0.669. The smallest absolute Gasteiger partial charge is 0.296 e. The lowest BCUT2D eigenvalue weighted by Gasteiger charge is -2.35. The van der Waals surface area contributed by atoms with Gasteiger partial charge in [-0.15, -0.1) is 10.2 Å². The summed E-state index contributed by atoms with van der Waals surface area (Å²) < 4.78 is 6.15. The molecule has 2 aliphatic heterocycles. The van der Waals surface area contributed by atoms with Crippen LogP contribution in [0, 0.1) is 5.92 Å². The first-order valence-corrected chi connectivity index (χ1v) is 11.3. The van der Waals surface area contributed by atoms with Gasteiger partial charge < -0.3 is 9.84 Å². The number of phenolic OH excluding ortho intramolecular Hbond substituents is 1. The molecule has 30 heavy (non-hydrogen) atoms. The number of anilines is 1. The molecule has 0 spiro atoms. The van der Waals surface area contributed by atoms with Crippen molar-refractivity contribution >= 4 is 28.2 Å². The van der Waals surface area contributed by atoms with Crippen LogP contribution in [-0.2, 0) is 20.7 Å². The number of hydrogen-bond donors (Lipinski definition) is 1. The number of ether oxygens (including phenoxy) is 1. The van der Waals surface area contributed by atoms with E-state index in [4.69, 9.17) is 4.74 Å². The second-order valence-electron chi connectivity index (χ2n) is 8.06. The Morgan fingerprint density at radius 1 is 1.23 bits per heavy atom. The Morgan fingerprint density at radius 2 is 2.07 bits per heavy atom. The SMILES string of the molecule is CCCc1nnc(N2C(=O)C3=C(C(=O)C4CCCCC4O3)C2c2cccc(O)c2)s1. The molecule has 2 aromatic rings. The van der Waals surface area contributed by atoms with Crippen molar-refractivity contribution in [3.63, 3.8) is 0 Å². The van der Waals surface area contributed by atoms with Crippen molar-refractivity contribution in [1.29, 1.82) is 0 Å². The molecule has 1 aliphatic carbocycles. The lowest BCUT2D eigenvalue weighted by atomic mass is 9.77. The van der Waals surface area contributed by atoms with Gasteiger partial charge in [0.25, 0.3) is 5.91 Å². The van der Waals surface area contributed by atoms with Crippen LogP contribution in [0.2, 0.25) is 0 Å². The number of ketones is 1. The van der Waals surface area contributed by atoms with E-state index < -0.39 is 6.04 Å². The fraction of sp³-hybridized carbons (Fsp3) is 0.455. The van der Waals surface area contributed by atoms with Gasteiger partial charge in [-0.2, -0.15) is 0 Å². The average molecular weight is 426 g/mol. The first kappa shape index (κ1) is 19.2. The number of aryl methyl sites for hydroxylation is 1. The summed E-state index contributed by atoms with van der Waals surface area (Å²) in [4.78, 5) is 28.5. The lowest BCUT2D eigenvalue weighted by Crippen LogP contribution is -2.39. The largest absolute Gasteiger partial charge is 0.508 e. The Balaban J connectivity index is 1.63. The molecule has 1 amide bonds. The molecule has 0 radical (unpaired) electrons. The van der Waals surface area contributed by atoms with E-state index in [0.717, 1.165) is 43.5 Å². The number of benzene rings is 1. The Labute approximate surface area is 178 Å². The summed E-state index contributed by atoms with van der Waals surface area (Å²) >= 11 is 1.36. The summed E-state index contributed by atoms with van der Waals surface area (Å²) in [5.74, 6) is -0.352. The summed E-state index contributed by atoms with van der Waals surface area (Å²) in [6.45, 7) is 2.06. The molecule has 0 bridgehead atoms. The average Bonchev–Trinajstić information content (AvgIpc) is 3.31. The van der Waals surface area contributed by atoms with Gasteiger partial charge in [0.05, 0.1) is 17.5 Å². The van der Waals surface area contributed by atoms with Gasteiger partial charge in [-0.3, -0.25) is 14.5 Å². The van der Waals surface area contributed by atoms with E-state index in [1.165, 1.54) is 16.2 Å². The molecular formula is C22H23N3O4S. The van der Waals surface area contributed by atoms with Gasteiger partial charge in [-0.1, -0.05) is 36.8 Å². The van der Waals surface area contributed by atoms with Gasteiger partial charge in [-0.25, -0.2) is 0 Å². The van der Waals surface area contributed by atoms with Gasteiger partial charge in [0.15, 0.2) is 11.5 Å². The first-order chi connectivity index (χ1) is 14.6. The number of nitrogens with zero attached hydrogens (tertiary/aromatic N) is 3. The van der Waals surface area contributed by atoms with Crippen LogP contribution in [0.5, 0.6) is 5.75 Å². The number of carbonyl (C=O) groups is 2. The number of hydrogen-bond acceptors (Lipinski definition) is 7. The van der Waals surface area contributed by atoms with E-state index in [9.17, 15) is 14.7 Å². The van der Waals surface area contributed by atoms with Crippen LogP contribution in [0.4, 0.5) is 5.13 Å². The summed E-state index contributed by atoms with van der Waals surface area (Å²) in [5.41, 5.74) is 1.05. The zero-order valence-electron chi connectivity index (χ0n) is 16.7. The van der Waals surface area contributed by atoms with E-state index in [2.05, 4.69) is 17.1 Å². The number of carbonyl (C=O) groups excluding carboxylic acids is 2. The standard InChI is InChI=1S/C22H23N3O4S/c1-2-6-16-23-24-22(30-16)25-18(12-7-5-8-13(26)11-12)17-19(27)14-9-3-4-10-15(14)29-20(17)21(25)28/h5,7-8,11,14-15,18,26H,2-4,6,9-10H2,1H3. The number of fused-ring (bicyclic) bond motifs is 1. The van der Waals surface area contributed by atoms with Crippen LogP contribution in [0.25, 0.3) is 0 Å². The summed E-state index contributed by atoms with van der Waals surface area (Å²) in [6.07, 6.45) is 5.04. The van der Waals surface area contributed by atoms with E-state index in [0.29, 0.717) is 16.3 Å². The van der Waals surface area contributed by atoms with Crippen LogP contribution in [0.3, 0.4) is 0 Å². The van der Waals surface area contributed by atoms with Crippen molar-refractivity contribution < 1.29 is 19.4 Å². The predicted molar refractivity (Wildman–Crippen MR) is 111 cm³/mol. The number of amides is 1. The highest BCUT2D eigenvalue weighted by Gasteiger charge is 2.53. The molecule has 3 unspecified atom stereocenters. The molecule has 8 heteroatoms. The molecule has 3 heterocycles. The number of aromatic hydroxyl groups is 1. The lowest BCUT2D eigenvalue weighted by molar-refractivity contribution is -0.131. The van der Waals surface area contributed by atoms with Gasteiger partial charge in [0.2, 0.25) is 5.13 Å². The zero-order valence-corrected chi connectivity index (χ0v) is 17.5. The van der Waals surface area contributed by atoms with Crippen molar-refractivity contribution in [3.8, 4) is 5.75 Å². The molecule has 3 aliphatic rings. The van der Waals surface area contributed by atoms with Crippen molar-refractivity contribution in [2.75, 3.05) is 4.90 Å². The minimum absolute atomic E-state index is 0.0107. The van der Waals surface area contributed by atoms with E-state index >= 15 is 0 Å². The summed E-state index contributed by atoms with van der Waals surface area (Å²) in [7, 11) is 0. The minimum Gasteiger partial charge on any atom is -0.508 e. The van der Waals surface area contributed by atoms with E-state index in [1.807, 2.05) is 6.07 Å². The highest BCUT2D eigenvalue weighted by atomic mass is 32.1. The molecule has 1 aromatic carbocycles. The molecule has 0 saturated heterocycles. The molecule has 5 rings (SSSR count). The van der Waals surface area contributed by atoms with E-state index in [1.54, 1.807) is 18.2 Å². The fourth-order valence-corrected chi connectivity index (χ4v) is 5.68. The number of Topliss-reactive ketones (excluding diaryl/α,β-unsaturated/α-hetero) is 1. The molecule has 1 N–H and O–H groups in total. The van der Waals surface area contributed by atoms with Crippen LogP contribution in [-0.4, -0.2) is 33.1 Å². The topological polar surface area (TPSA) is 92.6 Å². The molecule has 1 saturated carbocycles. The maximum Gasteiger partial charge on any atom is 0.296 e. The van der Waals surface area contributed by atoms with Crippen LogP contribution < -0.4 is 4.90 Å². The third-order valence-electron chi connectivity index (χ3n) is 6.08. The monoisotopic (exact) mass is 425 g/mol. The Morgan fingerprint density at radius 3 is 2.87 bits per heavy atom. The molecule has 3 atom stereocenters. The molecule has 1 fully saturated rings. The fourth-order valence-electron chi connectivity index (χ4n) is 4.71. The van der Waals surface area contributed by atoms with Gasteiger partial charge >= 0.3 is 0 Å². The normalized spacial score (nSPS) is 25.9. The predicted octanol–water partition coefficient (Wildman–Crippen LogP) is 3.70. The molecular weight excluding hydrogens is 402 g/mol. The second-order valence-corrected chi connectivity index (χ2v) is 9.10. The summed E-state index contributed by atoms with van der Waals surface area (Å²) in [5, 5.41) is 19.8. The van der Waals surface area contributed by atoms with Crippen molar-refractivity contribution in [3.05, 3.63) is 46.2 Å². The van der Waals surface area contributed by atoms with Gasteiger partial charge in [0.1, 0.15) is 16.9 Å². The highest BCUT2D eigenvalue weighted by Crippen LogP contribution is 2.49. The Kier molecular flexibility index (Phi) is 4.81. The van der Waals surface area contributed by atoms with E-state index in [-0.39, 0.29) is 35.2 Å². The number of phenols is 1. The molecule has 156 valence electrons. The van der Waals surface area contributed by atoms with Crippen LogP contribution >= 0.6 is 11.3 Å². The van der Waals surface area contributed by atoms with Crippen LogP contribution in [0.15, 0.2) is 35.6 Å². The number of rotatable bonds is 4. The van der Waals surface area contributed by atoms with Gasteiger partial charge in [0, 0.05) is 6.42 Å². The summed E-state index contributed by atoms with van der Waals surface area (Å²) in [6, 6.07) is 6.02. The third-order valence-corrected chi connectivity index (χ3v) is 7.06. The van der Waals surface area contributed by atoms with Crippen molar-refractivity contribution in [1.82, 2.24) is 10.2 Å².